The van der Waals surface area contributed by atoms with Crippen molar-refractivity contribution in [2.45, 2.75) is 25.4 Å². The van der Waals surface area contributed by atoms with E-state index in [9.17, 15) is 4.79 Å². The number of amides is 1. The fraction of sp³-hybridized carbons (Fsp3) is 0.733. The largest absolute Gasteiger partial charge is 0.379 e. The Bertz CT molecular complexity index is 505. The second-order valence-corrected chi connectivity index (χ2v) is 6.12. The summed E-state index contributed by atoms with van der Waals surface area (Å²) in [6.45, 7) is 7.57. The van der Waals surface area contributed by atoms with Crippen LogP contribution in [0.1, 0.15) is 12.0 Å². The van der Waals surface area contributed by atoms with Crippen molar-refractivity contribution >= 4 is 5.91 Å². The van der Waals surface area contributed by atoms with Gasteiger partial charge in [-0.3, -0.25) is 14.4 Å². The summed E-state index contributed by atoms with van der Waals surface area (Å²) < 4.78 is 12.7. The zero-order valence-electron chi connectivity index (χ0n) is 13.1. The molecule has 0 spiro atoms. The molecule has 0 aromatic carbocycles. The van der Waals surface area contributed by atoms with Crippen LogP contribution in [0.2, 0.25) is 0 Å². The van der Waals surface area contributed by atoms with Crippen molar-refractivity contribution in [3.63, 3.8) is 0 Å². The predicted molar refractivity (Wildman–Crippen MR) is 80.5 cm³/mol. The molecule has 1 aromatic heterocycles. The molecular formula is C15H24N4O3. The van der Waals surface area contributed by atoms with Crippen LogP contribution in [0.25, 0.3) is 0 Å². The van der Waals surface area contributed by atoms with Gasteiger partial charge in [0.1, 0.15) is 6.54 Å². The molecule has 3 rings (SSSR count). The summed E-state index contributed by atoms with van der Waals surface area (Å²) in [5, 5.41) is 7.21. The quantitative estimate of drug-likeness (QED) is 0.816. The number of aromatic nitrogens is 2. The molecule has 122 valence electrons. The minimum atomic E-state index is -0.0839. The Kier molecular flexibility index (Phi) is 4.75. The summed E-state index contributed by atoms with van der Waals surface area (Å²) in [5.41, 5.74) is 0.973. The summed E-state index contributed by atoms with van der Waals surface area (Å²) in [5.74, 6) is -0.0114. The average Bonchev–Trinajstić information content (AvgIpc) is 3.16. The monoisotopic (exact) mass is 308 g/mol. The normalized spacial score (nSPS) is 26.2. The molecule has 0 aliphatic carbocycles. The smallest absolute Gasteiger partial charge is 0.241 e. The van der Waals surface area contributed by atoms with Gasteiger partial charge in [-0.15, -0.1) is 0 Å². The summed E-state index contributed by atoms with van der Waals surface area (Å²) in [6.07, 6.45) is 4.58. The van der Waals surface area contributed by atoms with Gasteiger partial charge in [-0.25, -0.2) is 0 Å². The maximum absolute atomic E-state index is 12.1. The topological polar surface area (TPSA) is 68.6 Å². The number of nitrogens with one attached hydrogen (secondary N) is 1. The Morgan fingerprint density at radius 1 is 1.36 bits per heavy atom. The Labute approximate surface area is 130 Å². The maximum atomic E-state index is 12.1. The third-order valence-corrected chi connectivity index (χ3v) is 4.45. The van der Waals surface area contributed by atoms with E-state index in [0.29, 0.717) is 13.2 Å². The van der Waals surface area contributed by atoms with Gasteiger partial charge < -0.3 is 14.8 Å². The van der Waals surface area contributed by atoms with Crippen LogP contribution in [0.15, 0.2) is 12.4 Å². The Morgan fingerprint density at radius 2 is 2.18 bits per heavy atom. The number of morpholine rings is 1. The van der Waals surface area contributed by atoms with Crippen LogP contribution in [0.5, 0.6) is 0 Å². The van der Waals surface area contributed by atoms with Crippen molar-refractivity contribution < 1.29 is 14.3 Å². The number of aryl methyl sites for hydroxylation is 1. The van der Waals surface area contributed by atoms with E-state index in [1.807, 2.05) is 13.1 Å². The molecule has 0 saturated carbocycles. The molecule has 7 nitrogen and oxygen atoms in total. The van der Waals surface area contributed by atoms with E-state index < -0.39 is 0 Å². The van der Waals surface area contributed by atoms with Gasteiger partial charge in [-0.05, 0) is 18.9 Å². The lowest BCUT2D eigenvalue weighted by Gasteiger charge is -2.42. The minimum Gasteiger partial charge on any atom is -0.379 e. The molecule has 1 amide bonds. The molecule has 2 fully saturated rings. The molecule has 0 radical (unpaired) electrons. The number of hydrogen-bond acceptors (Lipinski definition) is 5. The Morgan fingerprint density at radius 3 is 2.82 bits per heavy atom. The van der Waals surface area contributed by atoms with Gasteiger partial charge in [0.05, 0.1) is 31.6 Å². The van der Waals surface area contributed by atoms with Crippen molar-refractivity contribution in [2.24, 2.45) is 0 Å². The molecule has 2 saturated heterocycles. The van der Waals surface area contributed by atoms with E-state index in [2.05, 4.69) is 15.3 Å². The number of carbonyl (C=O) groups excluding carboxylic acids is 1. The van der Waals surface area contributed by atoms with E-state index in [1.165, 1.54) is 0 Å². The summed E-state index contributed by atoms with van der Waals surface area (Å²) >= 11 is 0. The fourth-order valence-electron chi connectivity index (χ4n) is 3.15. The highest BCUT2D eigenvalue weighted by Crippen LogP contribution is 2.26. The van der Waals surface area contributed by atoms with Gasteiger partial charge in [-0.2, -0.15) is 5.10 Å². The van der Waals surface area contributed by atoms with E-state index in [1.54, 1.807) is 10.9 Å². The molecule has 22 heavy (non-hydrogen) atoms. The Balaban J connectivity index is 1.56. The third-order valence-electron chi connectivity index (χ3n) is 4.45. The van der Waals surface area contributed by atoms with Crippen molar-refractivity contribution in [3.8, 4) is 0 Å². The highest BCUT2D eigenvalue weighted by atomic mass is 16.5. The number of nitrogens with zero attached hydrogens (tertiary/aromatic N) is 3. The van der Waals surface area contributed by atoms with Crippen molar-refractivity contribution in [2.75, 3.05) is 46.1 Å². The lowest BCUT2D eigenvalue weighted by Crippen LogP contribution is -2.59. The van der Waals surface area contributed by atoms with Crippen molar-refractivity contribution in [1.29, 1.82) is 0 Å². The summed E-state index contributed by atoms with van der Waals surface area (Å²) in [6, 6.07) is 0. The molecule has 7 heteroatoms. The molecule has 1 aromatic rings. The van der Waals surface area contributed by atoms with Gasteiger partial charge in [0.15, 0.2) is 0 Å². The van der Waals surface area contributed by atoms with Gasteiger partial charge in [-0.1, -0.05) is 0 Å². The maximum Gasteiger partial charge on any atom is 0.241 e. The van der Waals surface area contributed by atoms with Crippen LogP contribution in [-0.2, 0) is 20.8 Å². The molecule has 1 atom stereocenters. The first-order valence-electron chi connectivity index (χ1n) is 7.84. The summed E-state index contributed by atoms with van der Waals surface area (Å²) in [4.78, 5) is 14.6. The SMILES string of the molecule is Cc1cnn(CC(=O)NCC2(N3CCOCC3)CCOC2)c1. The van der Waals surface area contributed by atoms with Crippen LogP contribution in [0.4, 0.5) is 0 Å². The van der Waals surface area contributed by atoms with Crippen LogP contribution in [-0.4, -0.2) is 72.2 Å². The van der Waals surface area contributed by atoms with Gasteiger partial charge in [0.2, 0.25) is 5.91 Å². The van der Waals surface area contributed by atoms with E-state index in [0.717, 1.165) is 44.9 Å². The number of carbonyl (C=O) groups is 1. The second-order valence-electron chi connectivity index (χ2n) is 6.12. The lowest BCUT2D eigenvalue weighted by molar-refractivity contribution is -0.122. The first-order valence-corrected chi connectivity index (χ1v) is 7.84. The number of ether oxygens (including phenoxy) is 2. The highest BCUT2D eigenvalue weighted by Gasteiger charge is 2.41. The first-order chi connectivity index (χ1) is 10.7. The van der Waals surface area contributed by atoms with Crippen molar-refractivity contribution in [1.82, 2.24) is 20.0 Å². The predicted octanol–water partition coefficient (Wildman–Crippen LogP) is -0.201. The lowest BCUT2D eigenvalue weighted by atomic mass is 9.95. The Hall–Kier alpha value is -1.44. The molecular weight excluding hydrogens is 284 g/mol. The molecule has 2 aliphatic heterocycles. The zero-order chi connectivity index (χ0) is 15.4. The first kappa shape index (κ1) is 15.5. The van der Waals surface area contributed by atoms with E-state index >= 15 is 0 Å². The zero-order valence-corrected chi connectivity index (χ0v) is 13.1. The standard InChI is InChI=1S/C15H24N4O3/c1-13-8-17-19(9-13)10-14(20)16-11-15(2-5-22-12-15)18-3-6-21-7-4-18/h8-9H,2-7,10-12H2,1H3,(H,16,20). The molecule has 1 unspecified atom stereocenters. The van der Waals surface area contributed by atoms with Crippen LogP contribution in [0.3, 0.4) is 0 Å². The average molecular weight is 308 g/mol. The molecule has 0 bridgehead atoms. The third kappa shape index (κ3) is 3.48. The molecule has 1 N–H and O–H groups in total. The van der Waals surface area contributed by atoms with Crippen LogP contribution < -0.4 is 5.32 Å². The highest BCUT2D eigenvalue weighted by molar-refractivity contribution is 5.75. The van der Waals surface area contributed by atoms with Crippen molar-refractivity contribution in [3.05, 3.63) is 18.0 Å². The number of rotatable bonds is 5. The van der Waals surface area contributed by atoms with E-state index in [-0.39, 0.29) is 18.0 Å². The fourth-order valence-corrected chi connectivity index (χ4v) is 3.15. The second kappa shape index (κ2) is 6.76. The minimum absolute atomic E-state index is 0.0114. The molecule has 3 heterocycles. The van der Waals surface area contributed by atoms with Gasteiger partial charge >= 0.3 is 0 Å². The van der Waals surface area contributed by atoms with Gasteiger partial charge in [0, 0.05) is 32.4 Å². The van der Waals surface area contributed by atoms with Crippen LogP contribution in [0, 0.1) is 6.92 Å². The number of hydrogen-bond donors (Lipinski definition) is 1. The van der Waals surface area contributed by atoms with E-state index in [4.69, 9.17) is 9.47 Å². The molecule has 2 aliphatic rings. The van der Waals surface area contributed by atoms with Crippen LogP contribution >= 0.6 is 0 Å². The van der Waals surface area contributed by atoms with Gasteiger partial charge in [0.25, 0.3) is 0 Å². The summed E-state index contributed by atoms with van der Waals surface area (Å²) in [7, 11) is 0.